The lowest BCUT2D eigenvalue weighted by Gasteiger charge is -2.14. The maximum absolute atomic E-state index is 11.5. The second-order valence-corrected chi connectivity index (χ2v) is 4.47. The third-order valence-corrected chi connectivity index (χ3v) is 2.75. The van der Waals surface area contributed by atoms with E-state index in [1.54, 1.807) is 0 Å². The quantitative estimate of drug-likeness (QED) is 0.690. The number of rotatable bonds is 7. The summed E-state index contributed by atoms with van der Waals surface area (Å²) in [5.74, 6) is -0.519. The van der Waals surface area contributed by atoms with Gasteiger partial charge < -0.3 is 16.4 Å². The normalized spacial score (nSPS) is 11.1. The number of nitrogens with one attached hydrogen (secondary N) is 2. The highest BCUT2D eigenvalue weighted by atomic mass is 35.5. The molecule has 0 bridgehead atoms. The van der Waals surface area contributed by atoms with Gasteiger partial charge in [-0.2, -0.15) is 0 Å². The van der Waals surface area contributed by atoms with E-state index in [-0.39, 0.29) is 43.4 Å². The molecule has 112 valence electrons. The molecule has 20 heavy (non-hydrogen) atoms. The Balaban J connectivity index is 0.00000361. The molecule has 1 aromatic carbocycles. The number of carbonyl (C=O) groups excluding carboxylic acids is 2. The van der Waals surface area contributed by atoms with E-state index >= 15 is 0 Å². The van der Waals surface area contributed by atoms with E-state index in [4.69, 9.17) is 5.73 Å². The molecule has 4 N–H and O–H groups in total. The minimum atomic E-state index is -0.327. The van der Waals surface area contributed by atoms with E-state index in [1.165, 1.54) is 5.56 Å². The maximum atomic E-state index is 11.5. The number of aryl methyl sites for hydroxylation is 1. The Morgan fingerprint density at radius 2 is 1.85 bits per heavy atom. The van der Waals surface area contributed by atoms with Crippen LogP contribution >= 0.6 is 12.4 Å². The second-order valence-electron chi connectivity index (χ2n) is 4.47. The molecule has 6 heteroatoms. The van der Waals surface area contributed by atoms with Crippen molar-refractivity contribution >= 4 is 24.2 Å². The Morgan fingerprint density at radius 3 is 2.45 bits per heavy atom. The molecule has 0 saturated carbocycles. The summed E-state index contributed by atoms with van der Waals surface area (Å²) in [4.78, 5) is 22.4. The molecule has 0 saturated heterocycles. The average molecular weight is 300 g/mol. The van der Waals surface area contributed by atoms with Crippen molar-refractivity contribution in [3.8, 4) is 0 Å². The van der Waals surface area contributed by atoms with Crippen LogP contribution in [0.2, 0.25) is 0 Å². The minimum absolute atomic E-state index is 0. The number of nitrogens with two attached hydrogens (primary N) is 1. The Labute approximate surface area is 125 Å². The topological polar surface area (TPSA) is 84.2 Å². The highest BCUT2D eigenvalue weighted by Gasteiger charge is 2.08. The van der Waals surface area contributed by atoms with Gasteiger partial charge in [0.2, 0.25) is 11.8 Å². The van der Waals surface area contributed by atoms with E-state index < -0.39 is 0 Å². The smallest absolute Gasteiger partial charge is 0.239 e. The van der Waals surface area contributed by atoms with Gasteiger partial charge in [0, 0.05) is 6.04 Å². The third kappa shape index (κ3) is 7.76. The van der Waals surface area contributed by atoms with Gasteiger partial charge in [0.15, 0.2) is 0 Å². The number of halogens is 1. The largest absolute Gasteiger partial charge is 0.352 e. The summed E-state index contributed by atoms with van der Waals surface area (Å²) >= 11 is 0. The van der Waals surface area contributed by atoms with Crippen LogP contribution in [0.1, 0.15) is 18.9 Å². The van der Waals surface area contributed by atoms with Gasteiger partial charge in [-0.05, 0) is 25.3 Å². The highest BCUT2D eigenvalue weighted by Crippen LogP contribution is 2.04. The molecule has 1 aromatic rings. The molecule has 0 radical (unpaired) electrons. The summed E-state index contributed by atoms with van der Waals surface area (Å²) in [6, 6.07) is 10.2. The van der Waals surface area contributed by atoms with E-state index in [0.717, 1.165) is 12.8 Å². The van der Waals surface area contributed by atoms with E-state index in [1.807, 2.05) is 25.1 Å². The van der Waals surface area contributed by atoms with Gasteiger partial charge >= 0.3 is 0 Å². The molecule has 0 fully saturated rings. The Morgan fingerprint density at radius 1 is 1.20 bits per heavy atom. The van der Waals surface area contributed by atoms with Crippen LogP contribution in [0.15, 0.2) is 30.3 Å². The first-order valence-corrected chi connectivity index (χ1v) is 6.42. The van der Waals surface area contributed by atoms with E-state index in [2.05, 4.69) is 22.8 Å². The number of carbonyl (C=O) groups is 2. The lowest BCUT2D eigenvalue weighted by molar-refractivity contribution is -0.125. The van der Waals surface area contributed by atoms with Gasteiger partial charge in [0.1, 0.15) is 0 Å². The van der Waals surface area contributed by atoms with E-state index in [9.17, 15) is 9.59 Å². The van der Waals surface area contributed by atoms with Crippen molar-refractivity contribution in [1.29, 1.82) is 0 Å². The molecule has 1 rings (SSSR count). The monoisotopic (exact) mass is 299 g/mol. The first kappa shape index (κ1) is 18.4. The van der Waals surface area contributed by atoms with Crippen LogP contribution in [0.3, 0.4) is 0 Å². The van der Waals surface area contributed by atoms with Crippen LogP contribution in [0.4, 0.5) is 0 Å². The fourth-order valence-corrected chi connectivity index (χ4v) is 1.68. The summed E-state index contributed by atoms with van der Waals surface area (Å²) < 4.78 is 0. The molecule has 5 nitrogen and oxygen atoms in total. The lowest BCUT2D eigenvalue weighted by atomic mass is 10.1. The summed E-state index contributed by atoms with van der Waals surface area (Å²) in [7, 11) is 0. The van der Waals surface area contributed by atoms with Gasteiger partial charge in [0.25, 0.3) is 0 Å². The van der Waals surface area contributed by atoms with Crippen molar-refractivity contribution < 1.29 is 9.59 Å². The van der Waals surface area contributed by atoms with Crippen LogP contribution in [0, 0.1) is 0 Å². The van der Waals surface area contributed by atoms with Crippen molar-refractivity contribution in [3.63, 3.8) is 0 Å². The molecule has 0 aliphatic carbocycles. The molecular formula is C14H22ClN3O2. The molecule has 0 spiro atoms. The van der Waals surface area contributed by atoms with Crippen molar-refractivity contribution in [2.45, 2.75) is 25.8 Å². The Bertz CT molecular complexity index is 412. The van der Waals surface area contributed by atoms with Crippen LogP contribution < -0.4 is 16.4 Å². The fraction of sp³-hybridized carbons (Fsp3) is 0.429. The molecule has 0 aromatic heterocycles. The molecule has 0 heterocycles. The van der Waals surface area contributed by atoms with Crippen molar-refractivity contribution in [2.75, 3.05) is 13.1 Å². The van der Waals surface area contributed by atoms with Crippen LogP contribution in [0.25, 0.3) is 0 Å². The van der Waals surface area contributed by atoms with Gasteiger partial charge in [-0.25, -0.2) is 0 Å². The molecule has 1 atom stereocenters. The number of hydrogen-bond donors (Lipinski definition) is 3. The van der Waals surface area contributed by atoms with Crippen molar-refractivity contribution in [3.05, 3.63) is 35.9 Å². The predicted molar refractivity (Wildman–Crippen MR) is 81.7 cm³/mol. The summed E-state index contributed by atoms with van der Waals surface area (Å²) in [6.45, 7) is 1.83. The SMILES string of the molecule is CC(CCc1ccccc1)NC(=O)CNC(=O)CN.Cl. The van der Waals surface area contributed by atoms with Gasteiger partial charge in [-0.1, -0.05) is 30.3 Å². The first-order valence-electron chi connectivity index (χ1n) is 6.42. The van der Waals surface area contributed by atoms with Crippen molar-refractivity contribution in [2.24, 2.45) is 5.73 Å². The molecular weight excluding hydrogens is 278 g/mol. The molecule has 1 unspecified atom stereocenters. The van der Waals surface area contributed by atoms with Crippen molar-refractivity contribution in [1.82, 2.24) is 10.6 Å². The highest BCUT2D eigenvalue weighted by molar-refractivity contribution is 5.85. The lowest BCUT2D eigenvalue weighted by Crippen LogP contribution is -2.42. The predicted octanol–water partition coefficient (Wildman–Crippen LogP) is 0.621. The molecule has 0 aliphatic rings. The molecule has 0 aliphatic heterocycles. The minimum Gasteiger partial charge on any atom is -0.352 e. The summed E-state index contributed by atoms with van der Waals surface area (Å²) in [6.07, 6.45) is 1.78. The number of hydrogen-bond acceptors (Lipinski definition) is 3. The standard InChI is InChI=1S/C14H21N3O2.ClH/c1-11(7-8-12-5-3-2-4-6-12)17-14(19)10-16-13(18)9-15;/h2-6,11H,7-10,15H2,1H3,(H,16,18)(H,17,19);1H. The van der Waals surface area contributed by atoms with E-state index in [0.29, 0.717) is 0 Å². The Kier molecular flexibility index (Phi) is 9.41. The zero-order valence-electron chi connectivity index (χ0n) is 11.6. The zero-order chi connectivity index (χ0) is 14.1. The second kappa shape index (κ2) is 10.2. The van der Waals surface area contributed by atoms with Crippen LogP contribution in [0.5, 0.6) is 0 Å². The van der Waals surface area contributed by atoms with Gasteiger partial charge in [0.05, 0.1) is 13.1 Å². The van der Waals surface area contributed by atoms with Gasteiger partial charge in [-0.3, -0.25) is 9.59 Å². The maximum Gasteiger partial charge on any atom is 0.239 e. The van der Waals surface area contributed by atoms with Crippen LogP contribution in [-0.2, 0) is 16.0 Å². The first-order chi connectivity index (χ1) is 9.11. The molecule has 2 amide bonds. The average Bonchev–Trinajstić information content (AvgIpc) is 2.43. The van der Waals surface area contributed by atoms with Gasteiger partial charge in [-0.15, -0.1) is 12.4 Å². The Hall–Kier alpha value is -1.59. The summed E-state index contributed by atoms with van der Waals surface area (Å²) in [5, 5.41) is 5.27. The van der Waals surface area contributed by atoms with Crippen LogP contribution in [-0.4, -0.2) is 30.9 Å². The third-order valence-electron chi connectivity index (χ3n) is 2.75. The number of benzene rings is 1. The summed E-state index contributed by atoms with van der Waals surface area (Å²) in [5.41, 5.74) is 6.38. The zero-order valence-corrected chi connectivity index (χ0v) is 12.4. The number of amides is 2. The fourth-order valence-electron chi connectivity index (χ4n) is 1.68.